The Bertz CT molecular complexity index is 1050. The van der Waals surface area contributed by atoms with Crippen molar-refractivity contribution in [2.45, 2.75) is 52.0 Å². The summed E-state index contributed by atoms with van der Waals surface area (Å²) in [5, 5.41) is 0.872. The Morgan fingerprint density at radius 2 is 1.50 bits per heavy atom. The summed E-state index contributed by atoms with van der Waals surface area (Å²) in [6, 6.07) is 8.03. The van der Waals surface area contributed by atoms with Crippen LogP contribution in [0.4, 0.5) is 15.3 Å². The molecule has 2 aromatic rings. The molecular formula is C24H26N2O6. The molecule has 1 aliphatic carbocycles. The van der Waals surface area contributed by atoms with Crippen LogP contribution < -0.4 is 4.90 Å². The first kappa shape index (κ1) is 21.8. The minimum atomic E-state index is -0.885. The zero-order chi connectivity index (χ0) is 22.8. The summed E-state index contributed by atoms with van der Waals surface area (Å²) < 4.78 is 10.1. The number of benzene rings is 2. The highest BCUT2D eigenvalue weighted by Crippen LogP contribution is 2.38. The van der Waals surface area contributed by atoms with Crippen LogP contribution in [0, 0.1) is 0 Å². The van der Waals surface area contributed by atoms with Crippen molar-refractivity contribution < 1.29 is 28.7 Å². The van der Waals surface area contributed by atoms with Gasteiger partial charge in [-0.1, -0.05) is 31.4 Å². The molecule has 168 valence electrons. The maximum Gasteiger partial charge on any atom is 0.424 e. The van der Waals surface area contributed by atoms with E-state index < -0.39 is 12.2 Å². The Balaban J connectivity index is 1.85. The maximum absolute atomic E-state index is 13.4. The molecule has 8 heteroatoms. The zero-order valence-electron chi connectivity index (χ0n) is 18.3. The lowest BCUT2D eigenvalue weighted by atomic mass is 9.88. The third-order valence-electron chi connectivity index (χ3n) is 6.00. The fraction of sp³-hybridized carbons (Fsp3) is 0.417. The molecule has 0 spiro atoms. The third-order valence-corrected chi connectivity index (χ3v) is 6.00. The van der Waals surface area contributed by atoms with Crippen molar-refractivity contribution in [3.05, 3.63) is 41.5 Å². The molecule has 2 aromatic carbocycles. The van der Waals surface area contributed by atoms with Gasteiger partial charge in [-0.05, 0) is 44.9 Å². The van der Waals surface area contributed by atoms with E-state index in [4.69, 9.17) is 9.47 Å². The minimum absolute atomic E-state index is 0.0727. The molecule has 4 amide bonds. The molecule has 0 radical (unpaired) electrons. The summed E-state index contributed by atoms with van der Waals surface area (Å²) in [6.45, 7) is 3.42. The molecule has 0 saturated heterocycles. The molecule has 0 N–H and O–H groups in total. The molecule has 1 aliphatic heterocycles. The van der Waals surface area contributed by atoms with Gasteiger partial charge in [-0.3, -0.25) is 14.5 Å². The van der Waals surface area contributed by atoms with Crippen molar-refractivity contribution in [2.75, 3.05) is 18.1 Å². The molecule has 0 aromatic heterocycles. The zero-order valence-corrected chi connectivity index (χ0v) is 18.3. The number of anilines is 1. The number of carbonyl (C=O) groups excluding carboxylic acids is 4. The third kappa shape index (κ3) is 3.59. The largest absolute Gasteiger partial charge is 0.449 e. The van der Waals surface area contributed by atoms with Crippen molar-refractivity contribution in [3.63, 3.8) is 0 Å². The smallest absolute Gasteiger partial charge is 0.424 e. The van der Waals surface area contributed by atoms with E-state index in [0.29, 0.717) is 21.9 Å². The maximum atomic E-state index is 13.4. The first-order chi connectivity index (χ1) is 15.5. The first-order valence-corrected chi connectivity index (χ1v) is 11.1. The van der Waals surface area contributed by atoms with E-state index >= 15 is 0 Å². The molecule has 2 aliphatic rings. The summed E-state index contributed by atoms with van der Waals surface area (Å²) in [5.41, 5.74) is 0.976. The number of hydrogen-bond acceptors (Lipinski definition) is 6. The first-order valence-electron chi connectivity index (χ1n) is 11.1. The molecule has 0 atom stereocenters. The van der Waals surface area contributed by atoms with E-state index in [1.54, 1.807) is 38.1 Å². The summed E-state index contributed by atoms with van der Waals surface area (Å²) in [7, 11) is 0. The normalized spacial score (nSPS) is 16.2. The second-order valence-electron chi connectivity index (χ2n) is 7.87. The van der Waals surface area contributed by atoms with Crippen LogP contribution in [0.5, 0.6) is 0 Å². The Kier molecular flexibility index (Phi) is 6.12. The topological polar surface area (TPSA) is 93.2 Å². The predicted molar refractivity (Wildman–Crippen MR) is 118 cm³/mol. The van der Waals surface area contributed by atoms with Crippen molar-refractivity contribution in [1.82, 2.24) is 4.90 Å². The standard InChI is InChI=1S/C24H26N2O6/c1-3-31-23(29)26(24(30)32-4-2)19-14-13-18-20-16(19)11-8-12-17(20)21(27)25(22(18)28)15-9-6-5-7-10-15/h8,11-15H,3-7,9-10H2,1-2H3. The number of ether oxygens (including phenoxy) is 2. The van der Waals surface area contributed by atoms with Crippen molar-refractivity contribution in [1.29, 1.82) is 0 Å². The van der Waals surface area contributed by atoms with E-state index in [-0.39, 0.29) is 36.8 Å². The van der Waals surface area contributed by atoms with Gasteiger partial charge in [0.05, 0.1) is 18.9 Å². The lowest BCUT2D eigenvalue weighted by molar-refractivity contribution is 0.0503. The van der Waals surface area contributed by atoms with E-state index in [0.717, 1.165) is 37.0 Å². The van der Waals surface area contributed by atoms with Gasteiger partial charge < -0.3 is 9.47 Å². The number of carbonyl (C=O) groups is 4. The highest BCUT2D eigenvalue weighted by Gasteiger charge is 2.39. The van der Waals surface area contributed by atoms with Gasteiger partial charge in [-0.15, -0.1) is 0 Å². The van der Waals surface area contributed by atoms with Crippen molar-refractivity contribution >= 4 is 40.5 Å². The van der Waals surface area contributed by atoms with E-state index in [1.807, 2.05) is 0 Å². The van der Waals surface area contributed by atoms with Gasteiger partial charge in [-0.2, -0.15) is 4.90 Å². The molecule has 8 nitrogen and oxygen atoms in total. The summed E-state index contributed by atoms with van der Waals surface area (Å²) in [5.74, 6) is -0.674. The lowest BCUT2D eigenvalue weighted by Gasteiger charge is -2.36. The van der Waals surface area contributed by atoms with E-state index in [9.17, 15) is 19.2 Å². The Morgan fingerprint density at radius 3 is 2.09 bits per heavy atom. The molecule has 1 heterocycles. The van der Waals surface area contributed by atoms with Gasteiger partial charge in [-0.25, -0.2) is 9.59 Å². The van der Waals surface area contributed by atoms with E-state index in [1.165, 1.54) is 11.0 Å². The predicted octanol–water partition coefficient (Wildman–Crippen LogP) is 4.89. The molecule has 0 bridgehead atoms. The molecular weight excluding hydrogens is 412 g/mol. The number of imide groups is 2. The number of hydrogen-bond donors (Lipinski definition) is 0. The highest BCUT2D eigenvalue weighted by atomic mass is 16.6. The summed E-state index contributed by atoms with van der Waals surface area (Å²) in [6.07, 6.45) is 2.94. The quantitative estimate of drug-likeness (QED) is 0.631. The van der Waals surface area contributed by atoms with Gasteiger partial charge in [0, 0.05) is 27.9 Å². The van der Waals surface area contributed by atoms with Crippen LogP contribution in [-0.4, -0.2) is 48.2 Å². The number of amides is 4. The summed E-state index contributed by atoms with van der Waals surface area (Å²) in [4.78, 5) is 54.2. The summed E-state index contributed by atoms with van der Waals surface area (Å²) >= 11 is 0. The Morgan fingerprint density at radius 1 is 0.906 bits per heavy atom. The number of nitrogens with zero attached hydrogens (tertiary/aromatic N) is 2. The monoisotopic (exact) mass is 438 g/mol. The van der Waals surface area contributed by atoms with Crippen molar-refractivity contribution in [3.8, 4) is 0 Å². The van der Waals surface area contributed by atoms with Gasteiger partial charge >= 0.3 is 12.2 Å². The van der Waals surface area contributed by atoms with Gasteiger partial charge in [0.15, 0.2) is 0 Å². The second-order valence-corrected chi connectivity index (χ2v) is 7.87. The highest BCUT2D eigenvalue weighted by molar-refractivity contribution is 6.28. The fourth-order valence-electron chi connectivity index (χ4n) is 4.61. The average molecular weight is 438 g/mol. The van der Waals surface area contributed by atoms with Crippen LogP contribution >= 0.6 is 0 Å². The molecule has 32 heavy (non-hydrogen) atoms. The lowest BCUT2D eigenvalue weighted by Crippen LogP contribution is -2.47. The van der Waals surface area contributed by atoms with Crippen LogP contribution in [0.15, 0.2) is 30.3 Å². The van der Waals surface area contributed by atoms with Crippen LogP contribution in [0.25, 0.3) is 10.8 Å². The average Bonchev–Trinajstić information content (AvgIpc) is 2.79. The fourth-order valence-corrected chi connectivity index (χ4v) is 4.61. The van der Waals surface area contributed by atoms with Gasteiger partial charge in [0.1, 0.15) is 0 Å². The Hall–Kier alpha value is -3.42. The Labute approximate surface area is 186 Å². The van der Waals surface area contributed by atoms with E-state index in [2.05, 4.69) is 0 Å². The van der Waals surface area contributed by atoms with Crippen LogP contribution in [0.3, 0.4) is 0 Å². The number of rotatable bonds is 4. The van der Waals surface area contributed by atoms with Gasteiger partial charge in [0.2, 0.25) is 0 Å². The molecule has 1 fully saturated rings. The second kappa shape index (κ2) is 8.98. The van der Waals surface area contributed by atoms with Gasteiger partial charge in [0.25, 0.3) is 11.8 Å². The van der Waals surface area contributed by atoms with Crippen LogP contribution in [0.2, 0.25) is 0 Å². The van der Waals surface area contributed by atoms with Crippen molar-refractivity contribution in [2.24, 2.45) is 0 Å². The SMILES string of the molecule is CCOC(=O)N(C(=O)OCC)c1ccc2c3c(cccc13)C(=O)N(C1CCCCC1)C2=O. The van der Waals surface area contributed by atoms with Crippen LogP contribution in [0.1, 0.15) is 66.7 Å². The molecule has 0 unspecified atom stereocenters. The minimum Gasteiger partial charge on any atom is -0.449 e. The molecule has 1 saturated carbocycles. The van der Waals surface area contributed by atoms with Crippen LogP contribution in [-0.2, 0) is 9.47 Å². The molecule has 4 rings (SSSR count).